The largest absolute Gasteiger partial charge is 0.508 e. The number of carbonyl (C=O) groups is 17. The van der Waals surface area contributed by atoms with Gasteiger partial charge in [0.2, 0.25) is 88.6 Å². The van der Waals surface area contributed by atoms with Crippen LogP contribution in [0.15, 0.2) is 134 Å². The molecule has 3 saturated heterocycles. The van der Waals surface area contributed by atoms with Gasteiger partial charge in [0, 0.05) is 102 Å². The van der Waals surface area contributed by atoms with Gasteiger partial charge < -0.3 is 109 Å². The van der Waals surface area contributed by atoms with Crippen molar-refractivity contribution in [3.63, 3.8) is 0 Å². The lowest BCUT2D eigenvalue weighted by molar-refractivity contribution is -0.152. The number of hydrogen-bond acceptors (Lipinski definition) is 21. The molecule has 5 aromatic carbocycles. The highest BCUT2D eigenvalue weighted by Gasteiger charge is 2.49. The van der Waals surface area contributed by atoms with Gasteiger partial charge in [-0.25, -0.2) is 8.78 Å². The van der Waals surface area contributed by atoms with Crippen LogP contribution in [-0.4, -0.2) is 299 Å². The van der Waals surface area contributed by atoms with Crippen LogP contribution in [0.1, 0.15) is 114 Å². The van der Waals surface area contributed by atoms with E-state index in [0.29, 0.717) is 51.3 Å². The van der Waals surface area contributed by atoms with Gasteiger partial charge in [0.05, 0.1) is 37.3 Å². The third kappa shape index (κ3) is 28.8. The number of carboxylic acid groups (broad SMARTS) is 2. The van der Waals surface area contributed by atoms with Gasteiger partial charge in [-0.05, 0) is 82.8 Å². The van der Waals surface area contributed by atoms with Crippen molar-refractivity contribution in [1.29, 1.82) is 0 Å². The second kappa shape index (κ2) is 48.1. The van der Waals surface area contributed by atoms with Crippen molar-refractivity contribution in [2.24, 2.45) is 17.6 Å². The Labute approximate surface area is 770 Å². The molecule has 3 fully saturated rings. The summed E-state index contributed by atoms with van der Waals surface area (Å²) in [6.07, 6.45) is -6.45. The molecular formula is C92H116F2N16O22S. The fraction of sp³-hybridized carbons (Fsp3) is 0.467. The second-order valence-electron chi connectivity index (χ2n) is 34.3. The first kappa shape index (κ1) is 103. The topological polar surface area (TPSA) is 558 Å². The number of rotatable bonds is 23. The number of carboxylic acids is 2. The number of aromatic amines is 1. The molecule has 6 aromatic rings. The van der Waals surface area contributed by atoms with Crippen LogP contribution in [0.2, 0.25) is 0 Å². The molecule has 0 unspecified atom stereocenters. The van der Waals surface area contributed by atoms with E-state index < -0.39 is 284 Å². The lowest BCUT2D eigenvalue weighted by Gasteiger charge is -2.38. The fourth-order valence-corrected chi connectivity index (χ4v) is 17.1. The molecule has 0 bridgehead atoms. The maximum Gasteiger partial charge on any atom is 0.305 e. The number of aliphatic hydroxyl groups excluding tert-OH is 2. The number of H-pyrrole nitrogens is 1. The van der Waals surface area contributed by atoms with E-state index in [1.807, 2.05) is 0 Å². The lowest BCUT2D eigenvalue weighted by Crippen LogP contribution is -2.62. The van der Waals surface area contributed by atoms with E-state index >= 15 is 47.5 Å². The number of hydrogen-bond donors (Lipinski definition) is 16. The zero-order valence-corrected chi connectivity index (χ0v) is 75.7. The number of carbonyl (C=O) groups excluding carboxylic acids is 15. The van der Waals surface area contributed by atoms with Crippen LogP contribution in [0.4, 0.5) is 8.78 Å². The van der Waals surface area contributed by atoms with Crippen molar-refractivity contribution in [3.05, 3.63) is 173 Å². The number of phenols is 1. The third-order valence-electron chi connectivity index (χ3n) is 23.4. The minimum Gasteiger partial charge on any atom is -0.508 e. The van der Waals surface area contributed by atoms with Crippen molar-refractivity contribution < 1.29 is 116 Å². The highest BCUT2D eigenvalue weighted by Crippen LogP contribution is 2.29. The monoisotopic (exact) mass is 1870 g/mol. The number of thioether (sulfide) groups is 1. The summed E-state index contributed by atoms with van der Waals surface area (Å²) >= 11 is 0.694. The summed E-state index contributed by atoms with van der Waals surface area (Å²) in [7, 11) is 3.63. The Morgan fingerprint density at radius 3 is 1.58 bits per heavy atom. The van der Waals surface area contributed by atoms with Crippen molar-refractivity contribution in [2.45, 2.75) is 209 Å². The number of benzene rings is 5. The van der Waals surface area contributed by atoms with Crippen molar-refractivity contribution in [1.82, 2.24) is 77.3 Å². The maximum absolute atomic E-state index is 15.7. The average molecular weight is 1870 g/mol. The zero-order chi connectivity index (χ0) is 97.4. The normalized spacial score (nSPS) is 24.7. The lowest BCUT2D eigenvalue weighted by atomic mass is 9.98. The van der Waals surface area contributed by atoms with E-state index in [1.54, 1.807) is 112 Å². The summed E-state index contributed by atoms with van der Waals surface area (Å²) < 4.78 is 29.8. The molecule has 3 aliphatic heterocycles. The van der Waals surface area contributed by atoms with Gasteiger partial charge in [-0.2, -0.15) is 0 Å². The first-order valence-corrected chi connectivity index (χ1v) is 44.9. The van der Waals surface area contributed by atoms with Crippen LogP contribution < -0.4 is 53.6 Å². The number of likely N-dealkylation sites (N-methyl/N-ethyl adjacent to an activating group) is 3. The second-order valence-corrected chi connectivity index (χ2v) is 35.4. The molecule has 17 N–H and O–H groups in total. The number of aromatic nitrogens is 1. The van der Waals surface area contributed by atoms with Gasteiger partial charge >= 0.3 is 11.9 Å². The molecular weight excluding hydrogens is 1750 g/mol. The van der Waals surface area contributed by atoms with Gasteiger partial charge in [0.1, 0.15) is 84.3 Å². The summed E-state index contributed by atoms with van der Waals surface area (Å²) in [6, 6.07) is 8.59. The molecule has 9 rings (SSSR count). The number of primary amides is 1. The molecule has 133 heavy (non-hydrogen) atoms. The van der Waals surface area contributed by atoms with Crippen LogP contribution in [0.25, 0.3) is 10.9 Å². The Bertz CT molecular complexity index is 5210. The Balaban J connectivity index is 1.14. The molecule has 41 heteroatoms. The third-order valence-corrected chi connectivity index (χ3v) is 24.4. The maximum atomic E-state index is 15.7. The minimum absolute atomic E-state index is 0.0359. The number of nitrogens with two attached hydrogens (primary N) is 1. The van der Waals surface area contributed by atoms with E-state index in [4.69, 9.17) is 5.73 Å². The number of aliphatic hydroxyl groups is 2. The number of halogens is 2. The quantitative estimate of drug-likeness (QED) is 0.0406. The molecule has 0 spiro atoms. The number of aliphatic carboxylic acids is 2. The summed E-state index contributed by atoms with van der Waals surface area (Å²) in [5, 5.41) is 77.5. The smallest absolute Gasteiger partial charge is 0.305 e. The summed E-state index contributed by atoms with van der Waals surface area (Å²) in [5.74, 6) is -24.7. The van der Waals surface area contributed by atoms with Gasteiger partial charge in [0.25, 0.3) is 0 Å². The van der Waals surface area contributed by atoms with Gasteiger partial charge in [0.15, 0.2) is 11.6 Å². The molecule has 0 saturated carbocycles. The van der Waals surface area contributed by atoms with Gasteiger partial charge in [-0.1, -0.05) is 145 Å². The molecule has 716 valence electrons. The Hall–Kier alpha value is -13.4. The van der Waals surface area contributed by atoms with Crippen LogP contribution in [0.3, 0.4) is 0 Å². The van der Waals surface area contributed by atoms with E-state index in [-0.39, 0.29) is 49.8 Å². The summed E-state index contributed by atoms with van der Waals surface area (Å²) in [6.45, 7) is 6.12. The number of aromatic hydroxyl groups is 1. The standard InChI is InChI=1S/C92H116F2N16O22S/c1-9-10-25-70-91(131)110-46-58(113)40-73(110)87(127)102-66(41-77(116)117)84(124)105-79(50(4)5)92(132)107(7)71(36-51-19-13-11-14-20-51)85(125)103-68(42-78(118)119)89(129)109-45-57(112)39-72(109)86(126)101-65(38-55-43-96-62-24-18-17-23-59(55)62)83(123)100-64(34-53-26-29-56(111)30-27-53)82(122)99-63(32-49(2)3)81(121)104-69(80(120)97-44-75(95)114)47-133-48-76(115)98-67(35-54-28-31-60(93)61(94)33-54)88(128)108(8)74(90(130)106(70)6)37-52-21-15-12-16-22-52/h11-24,26-31,33,43,49-50,57-58,63-74,79,96,111-113H,9-10,25,32,34-42,44-48H2,1-8H3,(H2,95,114)(H,97,120)(H,98,115)(H,99,122)(H,100,123)(H,101,126)(H,102,127)(H,103,125)(H,104,121)(H,105,124)(H,116,117)(H,118,119)/t57-,58-,63+,64+,65+,66+,67+,68+,69+,70+,71+,72-,73-,74+,79+/m1/s1. The van der Waals surface area contributed by atoms with Crippen LogP contribution in [-0.2, 0) is 114 Å². The molecule has 0 radical (unpaired) electrons. The fourth-order valence-electron chi connectivity index (χ4n) is 16.3. The predicted octanol–water partition coefficient (Wildman–Crippen LogP) is 0.138. The molecule has 15 amide bonds. The summed E-state index contributed by atoms with van der Waals surface area (Å²) in [5.41, 5.74) is 7.57. The molecule has 15 atom stereocenters. The van der Waals surface area contributed by atoms with Crippen molar-refractivity contribution >= 4 is 123 Å². The van der Waals surface area contributed by atoms with Crippen molar-refractivity contribution in [2.75, 3.05) is 52.3 Å². The van der Waals surface area contributed by atoms with Crippen molar-refractivity contribution in [3.8, 4) is 5.75 Å². The number of phenolic OH excluding ortho intramolecular Hbond substituents is 1. The van der Waals surface area contributed by atoms with Gasteiger partial charge in [-0.3, -0.25) is 81.5 Å². The van der Waals surface area contributed by atoms with Crippen LogP contribution in [0.5, 0.6) is 5.75 Å². The van der Waals surface area contributed by atoms with E-state index in [2.05, 4.69) is 52.8 Å². The first-order valence-electron chi connectivity index (χ1n) is 43.7. The molecule has 4 heterocycles. The van der Waals surface area contributed by atoms with Gasteiger partial charge in [-0.15, -0.1) is 11.8 Å². The number of fused-ring (bicyclic) bond motifs is 3. The Kier molecular flexibility index (Phi) is 37.4. The molecule has 1 aromatic heterocycles. The van der Waals surface area contributed by atoms with E-state index in [1.165, 1.54) is 52.2 Å². The molecule has 38 nitrogen and oxygen atoms in total. The van der Waals surface area contributed by atoms with Crippen LogP contribution >= 0.6 is 11.8 Å². The number of amides is 15. The Morgan fingerprint density at radius 2 is 1.00 bits per heavy atom. The Morgan fingerprint density at radius 1 is 0.504 bits per heavy atom. The minimum atomic E-state index is -2.10. The summed E-state index contributed by atoms with van der Waals surface area (Å²) in [4.78, 5) is 258. The van der Waals surface area contributed by atoms with Crippen LogP contribution in [0, 0.1) is 23.5 Å². The predicted molar refractivity (Wildman–Crippen MR) is 479 cm³/mol. The zero-order valence-electron chi connectivity index (χ0n) is 74.9. The first-order chi connectivity index (χ1) is 63.1. The highest BCUT2D eigenvalue weighted by atomic mass is 32.2. The SMILES string of the molecule is CCCC[C@H]1C(=O)N2C[C@H](O)C[C@@H]2C(=O)N[C@@H](CC(=O)O)C(=O)N[C@@H](C(C)C)C(=O)N(C)[C@@H](Cc2ccccc2)C(=O)N[C@@H](CC(=O)O)C(=O)N2C[C@H](O)C[C@@H]2C(=O)N[C@@H](Cc2c[nH]c3ccccc23)C(=O)N[C@@H](Cc2ccc(O)cc2)C(=O)N[C@@H](CC(C)C)C(=O)N[C@H](C(=O)NCC(N)=O)CSCC(=O)N[C@@H](Cc2ccc(F)c(F)c2)C(=O)N(C)[C@@H](Cc2ccccc2)C(=O)N1C. The van der Waals surface area contributed by atoms with E-state index in [0.717, 1.165) is 49.7 Å². The number of nitrogens with one attached hydrogen (secondary N) is 10. The number of unbranched alkanes of at least 4 members (excludes halogenated alkanes) is 1. The number of para-hydroxylation sites is 1. The van der Waals surface area contributed by atoms with E-state index in [9.17, 15) is 68.3 Å². The molecule has 0 aliphatic carbocycles. The highest BCUT2D eigenvalue weighted by molar-refractivity contribution is 8.00. The number of nitrogens with zero attached hydrogens (tertiary/aromatic N) is 5. The average Bonchev–Trinajstić information content (AvgIpc) is 1.76. The molecule has 3 aliphatic rings.